The molecule has 0 bridgehead atoms. The molecule has 0 saturated carbocycles. The number of aryl methyl sites for hydroxylation is 1. The minimum atomic E-state index is -0.00414. The monoisotopic (exact) mass is 301 g/mol. The molecule has 1 amide bonds. The first kappa shape index (κ1) is 15.6. The van der Waals surface area contributed by atoms with Crippen molar-refractivity contribution in [3.63, 3.8) is 0 Å². The van der Waals surface area contributed by atoms with Crippen LogP contribution in [0.3, 0.4) is 0 Å². The Bertz CT molecular complexity index is 607. The maximum absolute atomic E-state index is 12.2. The molecule has 0 aliphatic heterocycles. The van der Waals surface area contributed by atoms with E-state index in [1.54, 1.807) is 6.07 Å². The number of carbonyl (C=O) groups excluding carboxylic acids is 1. The summed E-state index contributed by atoms with van der Waals surface area (Å²) in [5, 5.41) is 3.72. The van der Waals surface area contributed by atoms with Crippen LogP contribution < -0.4 is 5.32 Å². The first-order valence-electron chi connectivity index (χ1n) is 7.19. The number of nitrogens with one attached hydrogen (secondary N) is 1. The lowest BCUT2D eigenvalue weighted by Gasteiger charge is -2.18. The first-order chi connectivity index (χ1) is 10.1. The Morgan fingerprint density at radius 3 is 2.43 bits per heavy atom. The second kappa shape index (κ2) is 7.28. The average molecular weight is 302 g/mol. The molecule has 110 valence electrons. The normalized spacial score (nSPS) is 12.0. The number of carbonyl (C=O) groups is 1. The number of hydrogen-bond acceptors (Lipinski definition) is 1. The van der Waals surface area contributed by atoms with Gasteiger partial charge in [-0.3, -0.25) is 4.79 Å². The fraction of sp³-hybridized carbons (Fsp3) is 0.278. The minimum Gasteiger partial charge on any atom is -0.349 e. The van der Waals surface area contributed by atoms with Gasteiger partial charge in [-0.25, -0.2) is 0 Å². The van der Waals surface area contributed by atoms with Crippen LogP contribution in [-0.4, -0.2) is 5.91 Å². The molecular weight excluding hydrogens is 282 g/mol. The van der Waals surface area contributed by atoms with Crippen molar-refractivity contribution in [2.45, 2.75) is 32.7 Å². The van der Waals surface area contributed by atoms with Crippen LogP contribution in [0.15, 0.2) is 48.5 Å². The van der Waals surface area contributed by atoms with Crippen molar-refractivity contribution >= 4 is 17.5 Å². The van der Waals surface area contributed by atoms with Crippen molar-refractivity contribution < 1.29 is 4.79 Å². The summed E-state index contributed by atoms with van der Waals surface area (Å²) in [5.41, 5.74) is 3.21. The molecule has 0 fully saturated rings. The van der Waals surface area contributed by atoms with E-state index in [4.69, 9.17) is 11.6 Å². The SMILES string of the molecule is CC[C@@H](NC(=O)Cc1ccccc1Cl)c1ccc(C)cc1. The van der Waals surface area contributed by atoms with Gasteiger partial charge in [-0.2, -0.15) is 0 Å². The van der Waals surface area contributed by atoms with E-state index in [2.05, 4.69) is 43.4 Å². The first-order valence-corrected chi connectivity index (χ1v) is 7.57. The molecule has 2 nitrogen and oxygen atoms in total. The van der Waals surface area contributed by atoms with Gasteiger partial charge in [0.2, 0.25) is 5.91 Å². The molecule has 0 saturated heterocycles. The molecular formula is C18H20ClNO. The van der Waals surface area contributed by atoms with Gasteiger partial charge in [0.15, 0.2) is 0 Å². The van der Waals surface area contributed by atoms with Gasteiger partial charge in [0.1, 0.15) is 0 Å². The van der Waals surface area contributed by atoms with Crippen LogP contribution in [0, 0.1) is 6.92 Å². The number of benzene rings is 2. The predicted octanol–water partition coefficient (Wildman–Crippen LogP) is 4.46. The molecule has 0 spiro atoms. The van der Waals surface area contributed by atoms with Gasteiger partial charge in [-0.15, -0.1) is 0 Å². The maximum atomic E-state index is 12.2. The summed E-state index contributed by atoms with van der Waals surface area (Å²) in [4.78, 5) is 12.2. The van der Waals surface area contributed by atoms with Gasteiger partial charge in [0, 0.05) is 5.02 Å². The van der Waals surface area contributed by atoms with Crippen molar-refractivity contribution in [1.82, 2.24) is 5.32 Å². The van der Waals surface area contributed by atoms with E-state index >= 15 is 0 Å². The van der Waals surface area contributed by atoms with Crippen molar-refractivity contribution in [3.8, 4) is 0 Å². The van der Waals surface area contributed by atoms with Gasteiger partial charge in [0.25, 0.3) is 0 Å². The maximum Gasteiger partial charge on any atom is 0.224 e. The van der Waals surface area contributed by atoms with E-state index in [1.807, 2.05) is 18.2 Å². The summed E-state index contributed by atoms with van der Waals surface area (Å²) in [6.07, 6.45) is 1.17. The van der Waals surface area contributed by atoms with E-state index in [0.29, 0.717) is 11.4 Å². The highest BCUT2D eigenvalue weighted by Gasteiger charge is 2.13. The van der Waals surface area contributed by atoms with Crippen LogP contribution >= 0.6 is 11.6 Å². The Labute approximate surface area is 131 Å². The van der Waals surface area contributed by atoms with E-state index in [0.717, 1.165) is 17.5 Å². The van der Waals surface area contributed by atoms with Crippen molar-refractivity contribution in [2.75, 3.05) is 0 Å². The second-order valence-electron chi connectivity index (χ2n) is 5.21. The third-order valence-corrected chi connectivity index (χ3v) is 3.90. The zero-order valence-electron chi connectivity index (χ0n) is 12.4. The third kappa shape index (κ3) is 4.33. The Kier molecular flexibility index (Phi) is 5.40. The van der Waals surface area contributed by atoms with Crippen LogP contribution in [0.5, 0.6) is 0 Å². The van der Waals surface area contributed by atoms with Gasteiger partial charge in [0.05, 0.1) is 12.5 Å². The molecule has 1 N–H and O–H groups in total. The fourth-order valence-electron chi connectivity index (χ4n) is 2.28. The lowest BCUT2D eigenvalue weighted by molar-refractivity contribution is -0.121. The number of amides is 1. The van der Waals surface area contributed by atoms with E-state index in [-0.39, 0.29) is 11.9 Å². The fourth-order valence-corrected chi connectivity index (χ4v) is 2.48. The van der Waals surface area contributed by atoms with Crippen LogP contribution in [0.25, 0.3) is 0 Å². The third-order valence-electron chi connectivity index (χ3n) is 3.53. The Hall–Kier alpha value is -1.80. The zero-order chi connectivity index (χ0) is 15.2. The van der Waals surface area contributed by atoms with Gasteiger partial charge in [-0.1, -0.05) is 66.6 Å². The smallest absolute Gasteiger partial charge is 0.224 e. The number of hydrogen-bond donors (Lipinski definition) is 1. The molecule has 3 heteroatoms. The quantitative estimate of drug-likeness (QED) is 0.868. The largest absolute Gasteiger partial charge is 0.349 e. The molecule has 21 heavy (non-hydrogen) atoms. The Morgan fingerprint density at radius 1 is 1.14 bits per heavy atom. The van der Waals surface area contributed by atoms with Crippen LogP contribution in [0.1, 0.15) is 36.1 Å². The van der Waals surface area contributed by atoms with E-state index in [9.17, 15) is 4.79 Å². The summed E-state index contributed by atoms with van der Waals surface area (Å²) in [5.74, 6) is -0.00414. The summed E-state index contributed by atoms with van der Waals surface area (Å²) in [6, 6.07) is 15.8. The summed E-state index contributed by atoms with van der Waals surface area (Å²) < 4.78 is 0. The minimum absolute atomic E-state index is 0.00414. The molecule has 0 aromatic heterocycles. The Morgan fingerprint density at radius 2 is 1.81 bits per heavy atom. The van der Waals surface area contributed by atoms with Crippen LogP contribution in [0.4, 0.5) is 0 Å². The van der Waals surface area contributed by atoms with Gasteiger partial charge in [-0.05, 0) is 30.5 Å². The molecule has 2 rings (SSSR count). The van der Waals surface area contributed by atoms with Crippen LogP contribution in [0.2, 0.25) is 5.02 Å². The van der Waals surface area contributed by atoms with E-state index < -0.39 is 0 Å². The predicted molar refractivity (Wildman–Crippen MR) is 87.5 cm³/mol. The molecule has 2 aromatic rings. The number of halogens is 1. The molecule has 0 heterocycles. The molecule has 0 aliphatic carbocycles. The molecule has 1 atom stereocenters. The topological polar surface area (TPSA) is 29.1 Å². The summed E-state index contributed by atoms with van der Waals surface area (Å²) in [6.45, 7) is 4.13. The lowest BCUT2D eigenvalue weighted by Crippen LogP contribution is -2.29. The second-order valence-corrected chi connectivity index (χ2v) is 5.61. The molecule has 0 aliphatic rings. The summed E-state index contributed by atoms with van der Waals surface area (Å²) >= 11 is 6.09. The zero-order valence-corrected chi connectivity index (χ0v) is 13.2. The van der Waals surface area contributed by atoms with Crippen LogP contribution in [-0.2, 0) is 11.2 Å². The number of rotatable bonds is 5. The standard InChI is InChI=1S/C18H20ClNO/c1-3-17(14-10-8-13(2)9-11-14)20-18(21)12-15-6-4-5-7-16(15)19/h4-11,17H,3,12H2,1-2H3,(H,20,21)/t17-/m1/s1. The summed E-state index contributed by atoms with van der Waals surface area (Å²) in [7, 11) is 0. The van der Waals surface area contributed by atoms with Gasteiger partial charge < -0.3 is 5.32 Å². The van der Waals surface area contributed by atoms with Crippen molar-refractivity contribution in [2.24, 2.45) is 0 Å². The average Bonchev–Trinajstić information content (AvgIpc) is 2.48. The molecule has 0 radical (unpaired) electrons. The highest BCUT2D eigenvalue weighted by atomic mass is 35.5. The van der Waals surface area contributed by atoms with E-state index in [1.165, 1.54) is 5.56 Å². The van der Waals surface area contributed by atoms with Crippen molar-refractivity contribution in [3.05, 3.63) is 70.2 Å². The lowest BCUT2D eigenvalue weighted by atomic mass is 10.0. The van der Waals surface area contributed by atoms with Crippen molar-refractivity contribution in [1.29, 1.82) is 0 Å². The Balaban J connectivity index is 2.03. The molecule has 0 unspecified atom stereocenters. The highest BCUT2D eigenvalue weighted by Crippen LogP contribution is 2.19. The molecule has 2 aromatic carbocycles. The van der Waals surface area contributed by atoms with Gasteiger partial charge >= 0.3 is 0 Å². The highest BCUT2D eigenvalue weighted by molar-refractivity contribution is 6.31.